The maximum absolute atomic E-state index is 2.47. The maximum Gasteiger partial charge on any atom is 0.00236 e. The molecule has 0 aliphatic carbocycles. The Balaban J connectivity index is 3.32. The van der Waals surface area contributed by atoms with Gasteiger partial charge in [-0.2, -0.15) is 0 Å². The first-order chi connectivity index (χ1) is 4.22. The van der Waals surface area contributed by atoms with Crippen LogP contribution in [0, 0.1) is 11.8 Å². The van der Waals surface area contributed by atoms with E-state index in [4.69, 9.17) is 0 Å². The summed E-state index contributed by atoms with van der Waals surface area (Å²) in [6, 6.07) is 0. The first-order valence-corrected chi connectivity index (χ1v) is 5.30. The minimum Gasteiger partial charge on any atom is -0.0861 e. The molecule has 0 radical (unpaired) electrons. The highest BCUT2D eigenvalue weighted by molar-refractivity contribution is 14.1. The molecule has 56 valence electrons. The Bertz CT molecular complexity index is 61.6. The molecule has 1 heteroatoms. The molecular formula is C8H17I. The van der Waals surface area contributed by atoms with Crippen LogP contribution in [0.5, 0.6) is 0 Å². The van der Waals surface area contributed by atoms with Crippen LogP contribution in [0.15, 0.2) is 0 Å². The molecule has 0 aliphatic rings. The van der Waals surface area contributed by atoms with E-state index in [0.29, 0.717) is 0 Å². The fourth-order valence-electron chi connectivity index (χ4n) is 0.892. The SMILES string of the molecule is CCCC(C)[C@@H](C)CI. The van der Waals surface area contributed by atoms with Crippen LogP contribution < -0.4 is 0 Å². The molecule has 0 saturated carbocycles. The van der Waals surface area contributed by atoms with Crippen molar-refractivity contribution in [2.45, 2.75) is 33.6 Å². The molecule has 0 saturated heterocycles. The Kier molecular flexibility index (Phi) is 5.96. The highest BCUT2D eigenvalue weighted by Crippen LogP contribution is 2.18. The lowest BCUT2D eigenvalue weighted by molar-refractivity contribution is 0.398. The Morgan fingerprint density at radius 1 is 1.22 bits per heavy atom. The van der Waals surface area contributed by atoms with Gasteiger partial charge in [-0.05, 0) is 11.8 Å². The molecule has 0 N–H and O–H groups in total. The highest BCUT2D eigenvalue weighted by atomic mass is 127. The minimum atomic E-state index is 0.908. The summed E-state index contributed by atoms with van der Waals surface area (Å²) in [4.78, 5) is 0. The maximum atomic E-state index is 2.47. The molecule has 0 bridgehead atoms. The third-order valence-corrected chi connectivity index (χ3v) is 3.35. The van der Waals surface area contributed by atoms with Gasteiger partial charge in [-0.3, -0.25) is 0 Å². The second-order valence-electron chi connectivity index (χ2n) is 2.90. The molecule has 0 aliphatic heterocycles. The molecular weight excluding hydrogens is 223 g/mol. The van der Waals surface area contributed by atoms with Gasteiger partial charge in [-0.25, -0.2) is 0 Å². The van der Waals surface area contributed by atoms with Crippen LogP contribution >= 0.6 is 22.6 Å². The summed E-state index contributed by atoms with van der Waals surface area (Å²) < 4.78 is 1.30. The quantitative estimate of drug-likeness (QED) is 0.521. The van der Waals surface area contributed by atoms with E-state index >= 15 is 0 Å². The first kappa shape index (κ1) is 9.73. The molecule has 0 aromatic carbocycles. The summed E-state index contributed by atoms with van der Waals surface area (Å²) in [6.07, 6.45) is 2.73. The minimum absolute atomic E-state index is 0.908. The van der Waals surface area contributed by atoms with Crippen LogP contribution in [-0.4, -0.2) is 4.43 Å². The average molecular weight is 240 g/mol. The van der Waals surface area contributed by atoms with E-state index in [-0.39, 0.29) is 0 Å². The number of hydrogen-bond acceptors (Lipinski definition) is 0. The molecule has 0 heterocycles. The van der Waals surface area contributed by atoms with Crippen molar-refractivity contribution < 1.29 is 0 Å². The predicted molar refractivity (Wildman–Crippen MR) is 52.1 cm³/mol. The van der Waals surface area contributed by atoms with Crippen molar-refractivity contribution in [1.82, 2.24) is 0 Å². The number of hydrogen-bond donors (Lipinski definition) is 0. The summed E-state index contributed by atoms with van der Waals surface area (Å²) in [5, 5.41) is 0. The van der Waals surface area contributed by atoms with Crippen LogP contribution in [-0.2, 0) is 0 Å². The summed E-state index contributed by atoms with van der Waals surface area (Å²) >= 11 is 2.47. The van der Waals surface area contributed by atoms with Gasteiger partial charge in [0.05, 0.1) is 0 Å². The van der Waals surface area contributed by atoms with Crippen molar-refractivity contribution in [3.8, 4) is 0 Å². The van der Waals surface area contributed by atoms with Gasteiger partial charge >= 0.3 is 0 Å². The van der Waals surface area contributed by atoms with Gasteiger partial charge in [0.25, 0.3) is 0 Å². The lowest BCUT2D eigenvalue weighted by Gasteiger charge is -2.15. The van der Waals surface area contributed by atoms with Crippen LogP contribution in [0.1, 0.15) is 33.6 Å². The van der Waals surface area contributed by atoms with E-state index in [1.807, 2.05) is 0 Å². The molecule has 9 heavy (non-hydrogen) atoms. The Morgan fingerprint density at radius 3 is 2.11 bits per heavy atom. The smallest absolute Gasteiger partial charge is 0.00236 e. The fraction of sp³-hybridized carbons (Fsp3) is 1.00. The molecule has 0 rings (SSSR count). The second-order valence-corrected chi connectivity index (χ2v) is 3.78. The zero-order chi connectivity index (χ0) is 7.28. The van der Waals surface area contributed by atoms with Gasteiger partial charge in [0, 0.05) is 4.43 Å². The van der Waals surface area contributed by atoms with Crippen molar-refractivity contribution in [3.05, 3.63) is 0 Å². The lowest BCUT2D eigenvalue weighted by Crippen LogP contribution is -2.08. The van der Waals surface area contributed by atoms with E-state index < -0.39 is 0 Å². The van der Waals surface area contributed by atoms with Gasteiger partial charge in [0.15, 0.2) is 0 Å². The molecule has 0 aromatic rings. The molecule has 0 spiro atoms. The van der Waals surface area contributed by atoms with Crippen molar-refractivity contribution in [3.63, 3.8) is 0 Å². The summed E-state index contributed by atoms with van der Waals surface area (Å²) in [7, 11) is 0. The van der Waals surface area contributed by atoms with Crippen molar-refractivity contribution in [1.29, 1.82) is 0 Å². The standard InChI is InChI=1S/C8H17I/c1-4-5-7(2)8(3)6-9/h7-8H,4-6H2,1-3H3/t7?,8-/m0/s1. The van der Waals surface area contributed by atoms with Crippen molar-refractivity contribution >= 4 is 22.6 Å². The van der Waals surface area contributed by atoms with E-state index in [9.17, 15) is 0 Å². The Morgan fingerprint density at radius 2 is 1.78 bits per heavy atom. The summed E-state index contributed by atoms with van der Waals surface area (Å²) in [5.74, 6) is 1.83. The van der Waals surface area contributed by atoms with Crippen molar-refractivity contribution in [2.24, 2.45) is 11.8 Å². The normalized spacial score (nSPS) is 17.3. The van der Waals surface area contributed by atoms with Crippen LogP contribution in [0.25, 0.3) is 0 Å². The third-order valence-electron chi connectivity index (χ3n) is 1.96. The van der Waals surface area contributed by atoms with Gasteiger partial charge < -0.3 is 0 Å². The van der Waals surface area contributed by atoms with Crippen molar-refractivity contribution in [2.75, 3.05) is 4.43 Å². The second kappa shape index (κ2) is 5.51. The zero-order valence-corrected chi connectivity index (χ0v) is 8.81. The summed E-state index contributed by atoms with van der Waals surface area (Å²) in [6.45, 7) is 6.95. The highest BCUT2D eigenvalue weighted by Gasteiger charge is 2.08. The molecule has 2 atom stereocenters. The van der Waals surface area contributed by atoms with E-state index in [1.54, 1.807) is 0 Å². The zero-order valence-electron chi connectivity index (χ0n) is 6.65. The number of alkyl halides is 1. The molecule has 0 nitrogen and oxygen atoms in total. The van der Waals surface area contributed by atoms with Crippen LogP contribution in [0.4, 0.5) is 0 Å². The van der Waals surface area contributed by atoms with E-state index in [2.05, 4.69) is 43.4 Å². The van der Waals surface area contributed by atoms with Crippen LogP contribution in [0.2, 0.25) is 0 Å². The van der Waals surface area contributed by atoms with Gasteiger partial charge in [-0.1, -0.05) is 56.2 Å². The Hall–Kier alpha value is 0.730. The summed E-state index contributed by atoms with van der Waals surface area (Å²) in [5.41, 5.74) is 0. The molecule has 0 amide bonds. The number of halogens is 1. The van der Waals surface area contributed by atoms with Crippen LogP contribution in [0.3, 0.4) is 0 Å². The average Bonchev–Trinajstić information content (AvgIpc) is 1.87. The molecule has 0 aromatic heterocycles. The Labute approximate surface area is 72.6 Å². The topological polar surface area (TPSA) is 0 Å². The predicted octanol–water partition coefficient (Wildman–Crippen LogP) is 3.49. The van der Waals surface area contributed by atoms with Gasteiger partial charge in [-0.15, -0.1) is 0 Å². The van der Waals surface area contributed by atoms with Gasteiger partial charge in [0.1, 0.15) is 0 Å². The number of rotatable bonds is 4. The van der Waals surface area contributed by atoms with E-state index in [1.165, 1.54) is 17.3 Å². The first-order valence-electron chi connectivity index (χ1n) is 3.78. The molecule has 0 fully saturated rings. The monoisotopic (exact) mass is 240 g/mol. The lowest BCUT2D eigenvalue weighted by atomic mass is 9.94. The molecule has 1 unspecified atom stereocenters. The largest absolute Gasteiger partial charge is 0.0861 e. The van der Waals surface area contributed by atoms with E-state index in [0.717, 1.165) is 11.8 Å². The van der Waals surface area contributed by atoms with Gasteiger partial charge in [0.2, 0.25) is 0 Å². The fourth-order valence-corrected chi connectivity index (χ4v) is 1.76. The third kappa shape index (κ3) is 4.18.